The highest BCUT2D eigenvalue weighted by molar-refractivity contribution is 7.92. The van der Waals surface area contributed by atoms with Crippen molar-refractivity contribution in [1.29, 1.82) is 0 Å². The standard InChI is InChI=1S/C29H34ClN3O4S/c1-22-11-7-8-14-24(22)21-32(27(29(35)31-2)19-23-12-5-4-6-13-23)28(34)17-10-18-33(38(3,36)37)26-16-9-15-25(30)20-26/h4-9,11-16,20,27H,10,17-19,21H2,1-3H3,(H,31,35)/t27-/m1/s1. The molecule has 0 saturated heterocycles. The maximum Gasteiger partial charge on any atom is 0.242 e. The molecule has 9 heteroatoms. The van der Waals surface area contributed by atoms with Crippen molar-refractivity contribution in [2.24, 2.45) is 0 Å². The predicted octanol–water partition coefficient (Wildman–Crippen LogP) is 4.58. The molecular formula is C29H34ClN3O4S. The van der Waals surface area contributed by atoms with E-state index in [0.717, 1.165) is 22.9 Å². The fourth-order valence-electron chi connectivity index (χ4n) is 4.33. The largest absolute Gasteiger partial charge is 0.357 e. The third-order valence-electron chi connectivity index (χ3n) is 6.37. The van der Waals surface area contributed by atoms with Gasteiger partial charge >= 0.3 is 0 Å². The number of carbonyl (C=O) groups excluding carboxylic acids is 2. The van der Waals surface area contributed by atoms with Crippen LogP contribution >= 0.6 is 11.6 Å². The normalized spacial score (nSPS) is 12.0. The van der Waals surface area contributed by atoms with Gasteiger partial charge in [0.1, 0.15) is 6.04 Å². The van der Waals surface area contributed by atoms with Crippen LogP contribution in [0.4, 0.5) is 5.69 Å². The van der Waals surface area contributed by atoms with Gasteiger partial charge in [-0.2, -0.15) is 0 Å². The van der Waals surface area contributed by atoms with Crippen LogP contribution < -0.4 is 9.62 Å². The number of hydrogen-bond donors (Lipinski definition) is 1. The summed E-state index contributed by atoms with van der Waals surface area (Å²) in [6, 6.07) is 23.2. The molecule has 3 aromatic rings. The van der Waals surface area contributed by atoms with Gasteiger partial charge in [-0.15, -0.1) is 0 Å². The van der Waals surface area contributed by atoms with Crippen LogP contribution in [-0.2, 0) is 32.6 Å². The molecule has 0 aliphatic heterocycles. The van der Waals surface area contributed by atoms with Crippen molar-refractivity contribution in [3.63, 3.8) is 0 Å². The van der Waals surface area contributed by atoms with Crippen molar-refractivity contribution in [2.75, 3.05) is 24.2 Å². The van der Waals surface area contributed by atoms with E-state index in [2.05, 4.69) is 5.32 Å². The van der Waals surface area contributed by atoms with Crippen LogP contribution in [0.5, 0.6) is 0 Å². The van der Waals surface area contributed by atoms with E-state index in [4.69, 9.17) is 11.6 Å². The van der Waals surface area contributed by atoms with Gasteiger partial charge in [0.15, 0.2) is 0 Å². The number of benzene rings is 3. The second-order valence-corrected chi connectivity index (χ2v) is 11.5. The van der Waals surface area contributed by atoms with Gasteiger partial charge in [0.2, 0.25) is 21.8 Å². The number of nitrogens with one attached hydrogen (secondary N) is 1. The number of carbonyl (C=O) groups is 2. The quantitative estimate of drug-likeness (QED) is 0.354. The molecule has 0 saturated carbocycles. The third kappa shape index (κ3) is 8.07. The first kappa shape index (κ1) is 29.2. The van der Waals surface area contributed by atoms with Gasteiger partial charge in [0.05, 0.1) is 11.9 Å². The Hall–Kier alpha value is -3.36. The van der Waals surface area contributed by atoms with Crippen LogP contribution in [0.1, 0.15) is 29.5 Å². The lowest BCUT2D eigenvalue weighted by molar-refractivity contribution is -0.141. The zero-order chi connectivity index (χ0) is 27.7. The van der Waals surface area contributed by atoms with Gasteiger partial charge in [0.25, 0.3) is 0 Å². The van der Waals surface area contributed by atoms with Crippen LogP contribution in [0.2, 0.25) is 5.02 Å². The molecule has 0 heterocycles. The summed E-state index contributed by atoms with van der Waals surface area (Å²) in [5.74, 6) is -0.482. The number of anilines is 1. The molecule has 1 atom stereocenters. The molecule has 0 aliphatic carbocycles. The Bertz CT molecular complexity index is 1350. The maximum absolute atomic E-state index is 13.7. The number of sulfonamides is 1. The minimum atomic E-state index is -3.60. The Morgan fingerprint density at radius 3 is 2.29 bits per heavy atom. The second kappa shape index (κ2) is 13.4. The van der Waals surface area contributed by atoms with Crippen molar-refractivity contribution in [3.05, 3.63) is 101 Å². The zero-order valence-electron chi connectivity index (χ0n) is 21.9. The SMILES string of the molecule is CNC(=O)[C@@H](Cc1ccccc1)N(Cc1ccccc1C)C(=O)CCCN(c1cccc(Cl)c1)S(C)(=O)=O. The first-order valence-corrected chi connectivity index (χ1v) is 14.7. The number of hydrogen-bond acceptors (Lipinski definition) is 4. The lowest BCUT2D eigenvalue weighted by atomic mass is 10.0. The van der Waals surface area contributed by atoms with Crippen LogP contribution in [0.15, 0.2) is 78.9 Å². The molecule has 2 amide bonds. The van der Waals surface area contributed by atoms with Crippen molar-refractivity contribution >= 4 is 39.1 Å². The Morgan fingerprint density at radius 1 is 0.974 bits per heavy atom. The van der Waals surface area contributed by atoms with Gasteiger partial charge in [0, 0.05) is 38.0 Å². The predicted molar refractivity (Wildman–Crippen MR) is 153 cm³/mol. The van der Waals surface area contributed by atoms with Crippen molar-refractivity contribution in [1.82, 2.24) is 10.2 Å². The highest BCUT2D eigenvalue weighted by Crippen LogP contribution is 2.23. The summed E-state index contributed by atoms with van der Waals surface area (Å²) in [7, 11) is -2.03. The summed E-state index contributed by atoms with van der Waals surface area (Å²) in [6.07, 6.45) is 1.83. The van der Waals surface area contributed by atoms with Crippen molar-refractivity contribution in [3.8, 4) is 0 Å². The molecule has 202 valence electrons. The molecule has 0 aliphatic rings. The summed E-state index contributed by atoms with van der Waals surface area (Å²) in [4.78, 5) is 28.4. The topological polar surface area (TPSA) is 86.8 Å². The molecule has 0 aromatic heterocycles. The van der Waals surface area contributed by atoms with Crippen LogP contribution in [0.25, 0.3) is 0 Å². The third-order valence-corrected chi connectivity index (χ3v) is 7.80. The van der Waals surface area contributed by atoms with Gasteiger partial charge < -0.3 is 10.2 Å². The molecule has 38 heavy (non-hydrogen) atoms. The summed E-state index contributed by atoms with van der Waals surface area (Å²) in [5.41, 5.74) is 3.34. The summed E-state index contributed by atoms with van der Waals surface area (Å²) in [6.45, 7) is 2.34. The van der Waals surface area contributed by atoms with E-state index in [0.29, 0.717) is 17.1 Å². The van der Waals surface area contributed by atoms with Gasteiger partial charge in [-0.1, -0.05) is 72.3 Å². The van der Waals surface area contributed by atoms with Gasteiger partial charge in [-0.05, 0) is 48.2 Å². The highest BCUT2D eigenvalue weighted by atomic mass is 35.5. The minimum Gasteiger partial charge on any atom is -0.357 e. The molecule has 0 radical (unpaired) electrons. The van der Waals surface area contributed by atoms with Crippen LogP contribution in [0, 0.1) is 6.92 Å². The van der Waals surface area contributed by atoms with Crippen LogP contribution in [-0.4, -0.2) is 51.0 Å². The lowest BCUT2D eigenvalue weighted by Crippen LogP contribution is -2.50. The number of aryl methyl sites for hydroxylation is 1. The molecular weight excluding hydrogens is 522 g/mol. The summed E-state index contributed by atoms with van der Waals surface area (Å²) < 4.78 is 26.3. The molecule has 0 bridgehead atoms. The Labute approximate surface area is 230 Å². The minimum absolute atomic E-state index is 0.0702. The van der Waals surface area contributed by atoms with Gasteiger partial charge in [-0.3, -0.25) is 13.9 Å². The van der Waals surface area contributed by atoms with E-state index in [-0.39, 0.29) is 37.7 Å². The Balaban J connectivity index is 1.85. The van der Waals surface area contributed by atoms with E-state index in [1.807, 2.05) is 61.5 Å². The first-order chi connectivity index (χ1) is 18.1. The maximum atomic E-state index is 13.7. The molecule has 1 N–H and O–H groups in total. The van der Waals surface area contributed by atoms with E-state index in [9.17, 15) is 18.0 Å². The Kier molecular flexibility index (Phi) is 10.3. The molecule has 3 rings (SSSR count). The average Bonchev–Trinajstić information content (AvgIpc) is 2.89. The smallest absolute Gasteiger partial charge is 0.242 e. The van der Waals surface area contributed by atoms with Crippen LogP contribution in [0.3, 0.4) is 0 Å². The summed E-state index contributed by atoms with van der Waals surface area (Å²) >= 11 is 6.08. The number of halogens is 1. The summed E-state index contributed by atoms with van der Waals surface area (Å²) in [5, 5.41) is 3.13. The monoisotopic (exact) mass is 555 g/mol. The number of rotatable bonds is 12. The van der Waals surface area contributed by atoms with E-state index < -0.39 is 16.1 Å². The molecule has 7 nitrogen and oxygen atoms in total. The number of likely N-dealkylation sites (N-methyl/N-ethyl adjacent to an activating group) is 1. The lowest BCUT2D eigenvalue weighted by Gasteiger charge is -2.32. The van der Waals surface area contributed by atoms with Crippen molar-refractivity contribution < 1.29 is 18.0 Å². The average molecular weight is 556 g/mol. The van der Waals surface area contributed by atoms with Gasteiger partial charge in [-0.25, -0.2) is 8.42 Å². The fourth-order valence-corrected chi connectivity index (χ4v) is 5.47. The molecule has 0 fully saturated rings. The number of amides is 2. The number of nitrogens with zero attached hydrogens (tertiary/aromatic N) is 2. The highest BCUT2D eigenvalue weighted by Gasteiger charge is 2.30. The van der Waals surface area contributed by atoms with Crippen molar-refractivity contribution in [2.45, 2.75) is 38.8 Å². The first-order valence-electron chi connectivity index (χ1n) is 12.4. The zero-order valence-corrected chi connectivity index (χ0v) is 23.5. The Morgan fingerprint density at radius 2 is 1.66 bits per heavy atom. The molecule has 0 spiro atoms. The molecule has 3 aromatic carbocycles. The second-order valence-electron chi connectivity index (χ2n) is 9.19. The fraction of sp³-hybridized carbons (Fsp3) is 0.310. The van der Waals surface area contributed by atoms with E-state index in [1.54, 1.807) is 36.2 Å². The van der Waals surface area contributed by atoms with E-state index >= 15 is 0 Å². The van der Waals surface area contributed by atoms with E-state index in [1.165, 1.54) is 4.31 Å². The molecule has 0 unspecified atom stereocenters.